The topological polar surface area (TPSA) is 73.8 Å². The molecular formula is C18H19FN4O2S. The van der Waals surface area contributed by atoms with Gasteiger partial charge in [-0.25, -0.2) is 4.39 Å². The van der Waals surface area contributed by atoms with Crippen LogP contribution in [-0.2, 0) is 10.0 Å². The standard InChI is InChI=1S/C18H19FN4O2S/c19-14-5-3-4-13(10-14)16-11-20-8-9-23(16)12-18-21-15-6-1-2-7-17(15)26(24,25)22-18/h1-7,10,16,20H,8-9,11-12H2,(H,21,22). The van der Waals surface area contributed by atoms with Crippen LogP contribution >= 0.6 is 0 Å². The number of hydrogen-bond donors (Lipinski definition) is 2. The van der Waals surface area contributed by atoms with Gasteiger partial charge in [-0.3, -0.25) is 4.90 Å². The maximum Gasteiger partial charge on any atom is 0.286 e. The van der Waals surface area contributed by atoms with Crippen LogP contribution in [0.15, 0.2) is 57.8 Å². The second-order valence-electron chi connectivity index (χ2n) is 6.38. The zero-order chi connectivity index (χ0) is 18.1. The summed E-state index contributed by atoms with van der Waals surface area (Å²) in [5.41, 5.74) is 1.40. The van der Waals surface area contributed by atoms with Crippen LogP contribution < -0.4 is 10.6 Å². The minimum atomic E-state index is -3.71. The summed E-state index contributed by atoms with van der Waals surface area (Å²) < 4.78 is 42.4. The summed E-state index contributed by atoms with van der Waals surface area (Å²) >= 11 is 0. The SMILES string of the molecule is O=S1(=O)N=C(CN2CCNCC2c2cccc(F)c2)Nc2ccccc21. The molecule has 1 unspecified atom stereocenters. The van der Waals surface area contributed by atoms with E-state index >= 15 is 0 Å². The molecule has 26 heavy (non-hydrogen) atoms. The predicted molar refractivity (Wildman–Crippen MR) is 98.3 cm³/mol. The van der Waals surface area contributed by atoms with E-state index in [0.717, 1.165) is 12.1 Å². The fraction of sp³-hybridized carbons (Fsp3) is 0.278. The van der Waals surface area contributed by atoms with E-state index in [4.69, 9.17) is 0 Å². The number of sulfonamides is 1. The first-order valence-corrected chi connectivity index (χ1v) is 9.87. The minimum Gasteiger partial charge on any atom is -0.341 e. The molecule has 0 aromatic heterocycles. The minimum absolute atomic E-state index is 0.0520. The van der Waals surface area contributed by atoms with Crippen molar-refractivity contribution in [1.82, 2.24) is 10.2 Å². The molecule has 1 fully saturated rings. The smallest absolute Gasteiger partial charge is 0.286 e. The molecule has 2 aromatic rings. The number of amidine groups is 1. The number of piperazine rings is 1. The molecule has 0 aliphatic carbocycles. The van der Waals surface area contributed by atoms with Gasteiger partial charge in [-0.2, -0.15) is 8.42 Å². The lowest BCUT2D eigenvalue weighted by Gasteiger charge is -2.37. The lowest BCUT2D eigenvalue weighted by molar-refractivity contribution is 0.186. The Morgan fingerprint density at radius 3 is 2.88 bits per heavy atom. The van der Waals surface area contributed by atoms with Gasteiger partial charge in [0, 0.05) is 25.7 Å². The van der Waals surface area contributed by atoms with Crippen LogP contribution in [0.2, 0.25) is 0 Å². The molecule has 2 aromatic carbocycles. The Morgan fingerprint density at radius 1 is 1.19 bits per heavy atom. The van der Waals surface area contributed by atoms with Crippen LogP contribution in [0.1, 0.15) is 11.6 Å². The number of nitrogens with one attached hydrogen (secondary N) is 2. The summed E-state index contributed by atoms with van der Waals surface area (Å²) in [4.78, 5) is 2.30. The normalized spacial score (nSPS) is 22.2. The third-order valence-corrected chi connectivity index (χ3v) is 5.99. The van der Waals surface area contributed by atoms with Crippen molar-refractivity contribution in [2.75, 3.05) is 31.5 Å². The average molecular weight is 374 g/mol. The van der Waals surface area contributed by atoms with E-state index in [1.807, 2.05) is 6.07 Å². The number of anilines is 1. The Balaban J connectivity index is 1.60. The van der Waals surface area contributed by atoms with Crippen molar-refractivity contribution in [3.8, 4) is 0 Å². The van der Waals surface area contributed by atoms with Gasteiger partial charge in [0.15, 0.2) is 0 Å². The molecule has 0 saturated carbocycles. The summed E-state index contributed by atoms with van der Waals surface area (Å²) in [5, 5.41) is 6.43. The molecule has 136 valence electrons. The van der Waals surface area contributed by atoms with Crippen molar-refractivity contribution in [2.24, 2.45) is 4.40 Å². The third kappa shape index (κ3) is 3.35. The summed E-state index contributed by atoms with van der Waals surface area (Å²) in [6, 6.07) is 13.2. The monoisotopic (exact) mass is 374 g/mol. The number of hydrogen-bond acceptors (Lipinski definition) is 5. The highest BCUT2D eigenvalue weighted by atomic mass is 32.2. The summed E-state index contributed by atoms with van der Waals surface area (Å²) in [6.07, 6.45) is 0. The highest BCUT2D eigenvalue weighted by Gasteiger charge is 2.29. The molecule has 4 rings (SSSR count). The van der Waals surface area contributed by atoms with Crippen molar-refractivity contribution >= 4 is 21.5 Å². The molecular weight excluding hydrogens is 355 g/mol. The Labute approximate surface area is 151 Å². The molecule has 0 amide bonds. The molecule has 2 aliphatic rings. The van der Waals surface area contributed by atoms with Crippen molar-refractivity contribution in [3.63, 3.8) is 0 Å². The fourth-order valence-corrected chi connectivity index (χ4v) is 4.55. The fourth-order valence-electron chi connectivity index (χ4n) is 3.41. The Hall–Kier alpha value is -2.29. The van der Waals surface area contributed by atoms with Gasteiger partial charge in [0.2, 0.25) is 0 Å². The van der Waals surface area contributed by atoms with Crippen LogP contribution in [-0.4, -0.2) is 45.3 Å². The van der Waals surface area contributed by atoms with Gasteiger partial charge in [-0.15, -0.1) is 4.40 Å². The first-order chi connectivity index (χ1) is 12.5. The summed E-state index contributed by atoms with van der Waals surface area (Å²) in [6.45, 7) is 2.50. The highest BCUT2D eigenvalue weighted by molar-refractivity contribution is 7.90. The van der Waals surface area contributed by atoms with E-state index in [0.29, 0.717) is 31.2 Å². The Morgan fingerprint density at radius 2 is 2.04 bits per heavy atom. The lowest BCUT2D eigenvalue weighted by Crippen LogP contribution is -2.49. The van der Waals surface area contributed by atoms with E-state index in [1.54, 1.807) is 24.3 Å². The van der Waals surface area contributed by atoms with Crippen LogP contribution in [0, 0.1) is 5.82 Å². The maximum atomic E-state index is 13.6. The van der Waals surface area contributed by atoms with E-state index in [-0.39, 0.29) is 16.8 Å². The van der Waals surface area contributed by atoms with Gasteiger partial charge in [-0.1, -0.05) is 24.3 Å². The largest absolute Gasteiger partial charge is 0.341 e. The predicted octanol–water partition coefficient (Wildman–Crippen LogP) is 1.98. The lowest BCUT2D eigenvalue weighted by atomic mass is 10.0. The molecule has 0 spiro atoms. The van der Waals surface area contributed by atoms with Gasteiger partial charge in [0.1, 0.15) is 16.5 Å². The zero-order valence-electron chi connectivity index (χ0n) is 14.0. The second-order valence-corrected chi connectivity index (χ2v) is 7.95. The van der Waals surface area contributed by atoms with Crippen molar-refractivity contribution in [1.29, 1.82) is 0 Å². The van der Waals surface area contributed by atoms with E-state index < -0.39 is 10.0 Å². The van der Waals surface area contributed by atoms with Gasteiger partial charge >= 0.3 is 0 Å². The number of fused-ring (bicyclic) bond motifs is 1. The number of nitrogens with zero attached hydrogens (tertiary/aromatic N) is 2. The number of benzene rings is 2. The number of rotatable bonds is 3. The highest BCUT2D eigenvalue weighted by Crippen LogP contribution is 2.28. The van der Waals surface area contributed by atoms with Crippen LogP contribution in [0.4, 0.5) is 10.1 Å². The second kappa shape index (κ2) is 6.79. The average Bonchev–Trinajstić information content (AvgIpc) is 2.62. The molecule has 1 saturated heterocycles. The van der Waals surface area contributed by atoms with Gasteiger partial charge in [0.05, 0.1) is 12.2 Å². The molecule has 6 nitrogen and oxygen atoms in total. The van der Waals surface area contributed by atoms with Crippen LogP contribution in [0.3, 0.4) is 0 Å². The van der Waals surface area contributed by atoms with E-state index in [1.165, 1.54) is 18.2 Å². The van der Waals surface area contributed by atoms with Crippen LogP contribution in [0.25, 0.3) is 0 Å². The van der Waals surface area contributed by atoms with E-state index in [2.05, 4.69) is 19.9 Å². The molecule has 2 N–H and O–H groups in total. The van der Waals surface area contributed by atoms with Crippen molar-refractivity contribution in [2.45, 2.75) is 10.9 Å². The zero-order valence-corrected chi connectivity index (χ0v) is 14.8. The molecule has 2 aliphatic heterocycles. The Kier molecular flexibility index (Phi) is 4.47. The number of para-hydroxylation sites is 1. The van der Waals surface area contributed by atoms with Gasteiger partial charge < -0.3 is 10.6 Å². The maximum absolute atomic E-state index is 13.6. The molecule has 2 heterocycles. The molecule has 0 bridgehead atoms. The first-order valence-electron chi connectivity index (χ1n) is 8.43. The van der Waals surface area contributed by atoms with Crippen LogP contribution in [0.5, 0.6) is 0 Å². The summed E-state index contributed by atoms with van der Waals surface area (Å²) in [7, 11) is -3.71. The van der Waals surface area contributed by atoms with Gasteiger partial charge in [-0.05, 0) is 29.8 Å². The van der Waals surface area contributed by atoms with E-state index in [9.17, 15) is 12.8 Å². The van der Waals surface area contributed by atoms with Gasteiger partial charge in [0.25, 0.3) is 10.0 Å². The third-order valence-electron chi connectivity index (χ3n) is 4.61. The summed E-state index contributed by atoms with van der Waals surface area (Å²) in [5.74, 6) is 0.102. The Bertz CT molecular complexity index is 961. The molecule has 8 heteroatoms. The van der Waals surface area contributed by atoms with Crippen molar-refractivity contribution in [3.05, 3.63) is 59.9 Å². The number of halogens is 1. The quantitative estimate of drug-likeness (QED) is 0.860. The molecule has 0 radical (unpaired) electrons. The first kappa shape index (κ1) is 17.1. The molecule has 1 atom stereocenters. The van der Waals surface area contributed by atoms with Crippen molar-refractivity contribution < 1.29 is 12.8 Å².